The van der Waals surface area contributed by atoms with Crippen molar-refractivity contribution in [2.45, 2.75) is 26.8 Å². The first-order valence-electron chi connectivity index (χ1n) is 9.66. The molecule has 1 aromatic carbocycles. The van der Waals surface area contributed by atoms with Crippen LogP contribution in [0, 0.1) is 6.92 Å². The lowest BCUT2D eigenvalue weighted by Gasteiger charge is -2.36. The molecule has 0 atom stereocenters. The maximum absolute atomic E-state index is 12.3. The fourth-order valence-electron chi connectivity index (χ4n) is 3.56. The fraction of sp³-hybridized carbons (Fsp3) is 0.429. The molecule has 2 heterocycles. The zero-order valence-electron chi connectivity index (χ0n) is 17.0. The first kappa shape index (κ1) is 22.0. The van der Waals surface area contributed by atoms with Gasteiger partial charge in [0.15, 0.2) is 5.11 Å². The van der Waals surface area contributed by atoms with E-state index in [2.05, 4.69) is 21.2 Å². The number of benzene rings is 1. The van der Waals surface area contributed by atoms with Gasteiger partial charge in [-0.3, -0.25) is 4.90 Å². The number of nitrogens with zero attached hydrogens (tertiary/aromatic N) is 2. The Morgan fingerprint density at radius 1 is 1.28 bits per heavy atom. The van der Waals surface area contributed by atoms with Crippen LogP contribution in [0.2, 0.25) is 5.02 Å². The predicted molar refractivity (Wildman–Crippen MR) is 124 cm³/mol. The number of halogens is 1. The van der Waals surface area contributed by atoms with E-state index in [-0.39, 0.29) is 5.97 Å². The van der Waals surface area contributed by atoms with Gasteiger partial charge in [-0.15, -0.1) is 11.3 Å². The number of carbonyl (C=O) groups is 1. The number of thiophene rings is 1. The lowest BCUT2D eigenvalue weighted by Crippen LogP contribution is -2.49. The van der Waals surface area contributed by atoms with Crippen LogP contribution in [0.15, 0.2) is 24.3 Å². The van der Waals surface area contributed by atoms with Gasteiger partial charge in [0.25, 0.3) is 0 Å². The summed E-state index contributed by atoms with van der Waals surface area (Å²) in [6.07, 6.45) is 0.780. The Labute approximate surface area is 186 Å². The maximum Gasteiger partial charge on any atom is 0.341 e. The summed E-state index contributed by atoms with van der Waals surface area (Å²) in [4.78, 5) is 17.9. The summed E-state index contributed by atoms with van der Waals surface area (Å²) in [6, 6.07) is 7.97. The summed E-state index contributed by atoms with van der Waals surface area (Å²) in [7, 11) is 1.41. The Balaban J connectivity index is 1.62. The van der Waals surface area contributed by atoms with Crippen LogP contribution in [0.1, 0.15) is 33.3 Å². The fourth-order valence-corrected chi connectivity index (χ4v) is 5.24. The van der Waals surface area contributed by atoms with Crippen molar-refractivity contribution in [2.24, 2.45) is 0 Å². The minimum absolute atomic E-state index is 0.318. The summed E-state index contributed by atoms with van der Waals surface area (Å²) in [6.45, 7) is 8.37. The summed E-state index contributed by atoms with van der Waals surface area (Å²) in [5.74, 6) is -0.318. The van der Waals surface area contributed by atoms with Crippen LogP contribution in [0.5, 0.6) is 0 Å². The molecule has 29 heavy (non-hydrogen) atoms. The Bertz CT molecular complexity index is 892. The number of hydrogen-bond donors (Lipinski definition) is 1. The number of piperazine rings is 1. The van der Waals surface area contributed by atoms with Crippen molar-refractivity contribution in [3.05, 3.63) is 50.9 Å². The Morgan fingerprint density at radius 2 is 1.97 bits per heavy atom. The number of thiocarbonyl (C=S) groups is 1. The molecule has 0 unspecified atom stereocenters. The van der Waals surface area contributed by atoms with Crippen molar-refractivity contribution in [1.29, 1.82) is 0 Å². The zero-order valence-corrected chi connectivity index (χ0v) is 19.3. The highest BCUT2D eigenvalue weighted by Crippen LogP contribution is 2.34. The van der Waals surface area contributed by atoms with Gasteiger partial charge in [-0.25, -0.2) is 4.79 Å². The van der Waals surface area contributed by atoms with Crippen LogP contribution in [-0.2, 0) is 17.7 Å². The average Bonchev–Trinajstić information content (AvgIpc) is 3.04. The smallest absolute Gasteiger partial charge is 0.341 e. The first-order valence-corrected chi connectivity index (χ1v) is 11.3. The third-order valence-corrected chi connectivity index (χ3v) is 6.98. The van der Waals surface area contributed by atoms with Crippen LogP contribution in [0.4, 0.5) is 5.00 Å². The molecule has 2 aromatic rings. The SMILES string of the molecule is CCc1c(C)sc(NC(=S)N2CCN(Cc3ccccc3Cl)CC2)c1C(=O)OC. The predicted octanol–water partition coefficient (Wildman–Crippen LogP) is 4.57. The summed E-state index contributed by atoms with van der Waals surface area (Å²) >= 11 is 13.5. The van der Waals surface area contributed by atoms with E-state index in [9.17, 15) is 4.79 Å². The number of rotatable bonds is 5. The van der Waals surface area contributed by atoms with E-state index in [1.807, 2.05) is 32.0 Å². The van der Waals surface area contributed by atoms with Crippen molar-refractivity contribution in [3.8, 4) is 0 Å². The molecule has 1 aromatic heterocycles. The molecular weight excluding hydrogens is 426 g/mol. The van der Waals surface area contributed by atoms with Gasteiger partial charge in [0.2, 0.25) is 0 Å². The molecule has 5 nitrogen and oxygen atoms in total. The second-order valence-corrected chi connectivity index (χ2v) is 8.99. The highest BCUT2D eigenvalue weighted by molar-refractivity contribution is 7.80. The number of nitrogens with one attached hydrogen (secondary N) is 1. The molecule has 0 aliphatic carbocycles. The quantitative estimate of drug-likeness (QED) is 0.530. The Morgan fingerprint density at radius 3 is 2.59 bits per heavy atom. The Kier molecular flexibility index (Phi) is 7.51. The second kappa shape index (κ2) is 9.89. The number of esters is 1. The van der Waals surface area contributed by atoms with Gasteiger partial charge < -0.3 is 15.0 Å². The lowest BCUT2D eigenvalue weighted by molar-refractivity contribution is 0.0601. The lowest BCUT2D eigenvalue weighted by atomic mass is 10.1. The van der Waals surface area contributed by atoms with Crippen molar-refractivity contribution in [2.75, 3.05) is 38.6 Å². The monoisotopic (exact) mass is 451 g/mol. The van der Waals surface area contributed by atoms with E-state index >= 15 is 0 Å². The molecule has 0 saturated carbocycles. The number of methoxy groups -OCH3 is 1. The molecule has 3 rings (SSSR count). The average molecular weight is 452 g/mol. The highest BCUT2D eigenvalue weighted by Gasteiger charge is 2.25. The molecule has 1 fully saturated rings. The first-order chi connectivity index (χ1) is 13.9. The molecule has 156 valence electrons. The van der Waals surface area contributed by atoms with Gasteiger partial charge in [-0.2, -0.15) is 0 Å². The molecule has 1 N–H and O–H groups in total. The van der Waals surface area contributed by atoms with Crippen LogP contribution >= 0.6 is 35.2 Å². The summed E-state index contributed by atoms with van der Waals surface area (Å²) in [5, 5.41) is 5.53. The van der Waals surface area contributed by atoms with E-state index in [0.717, 1.165) is 65.2 Å². The normalized spacial score (nSPS) is 14.7. The summed E-state index contributed by atoms with van der Waals surface area (Å²) < 4.78 is 4.99. The van der Waals surface area contributed by atoms with Gasteiger partial charge in [0, 0.05) is 42.6 Å². The minimum Gasteiger partial charge on any atom is -0.465 e. The van der Waals surface area contributed by atoms with Crippen LogP contribution < -0.4 is 5.32 Å². The second-order valence-electron chi connectivity index (χ2n) is 6.97. The van der Waals surface area contributed by atoms with E-state index in [0.29, 0.717) is 10.7 Å². The van der Waals surface area contributed by atoms with Gasteiger partial charge in [-0.1, -0.05) is 36.7 Å². The maximum atomic E-state index is 12.3. The molecule has 0 amide bonds. The molecule has 8 heteroatoms. The minimum atomic E-state index is -0.318. The van der Waals surface area contributed by atoms with Gasteiger partial charge in [0.1, 0.15) is 5.00 Å². The topological polar surface area (TPSA) is 44.8 Å². The van der Waals surface area contributed by atoms with E-state index in [1.165, 1.54) is 7.11 Å². The molecule has 1 saturated heterocycles. The van der Waals surface area contributed by atoms with Gasteiger partial charge in [-0.05, 0) is 42.8 Å². The van der Waals surface area contributed by atoms with E-state index in [1.54, 1.807) is 11.3 Å². The van der Waals surface area contributed by atoms with Crippen molar-refractivity contribution >= 4 is 51.2 Å². The van der Waals surface area contributed by atoms with Gasteiger partial charge in [0.05, 0.1) is 12.7 Å². The van der Waals surface area contributed by atoms with Crippen molar-refractivity contribution in [1.82, 2.24) is 9.80 Å². The third-order valence-electron chi connectivity index (χ3n) is 5.18. The van der Waals surface area contributed by atoms with Crippen LogP contribution in [-0.4, -0.2) is 54.2 Å². The van der Waals surface area contributed by atoms with Crippen molar-refractivity contribution < 1.29 is 9.53 Å². The Hall–Kier alpha value is -1.67. The molecule has 0 spiro atoms. The third kappa shape index (κ3) is 5.09. The number of hydrogen-bond acceptors (Lipinski definition) is 5. The molecule has 1 aliphatic heterocycles. The van der Waals surface area contributed by atoms with Crippen LogP contribution in [0.3, 0.4) is 0 Å². The van der Waals surface area contributed by atoms with Crippen molar-refractivity contribution in [3.63, 3.8) is 0 Å². The molecular formula is C21H26ClN3O2S2. The van der Waals surface area contributed by atoms with E-state index in [4.69, 9.17) is 28.6 Å². The number of ether oxygens (including phenoxy) is 1. The van der Waals surface area contributed by atoms with Gasteiger partial charge >= 0.3 is 5.97 Å². The zero-order chi connectivity index (χ0) is 21.0. The largest absolute Gasteiger partial charge is 0.465 e. The molecule has 0 bridgehead atoms. The highest BCUT2D eigenvalue weighted by atomic mass is 35.5. The molecule has 1 aliphatic rings. The standard InChI is InChI=1S/C21H26ClN3O2S2/c1-4-16-14(2)29-19(18(16)20(26)27-3)23-21(28)25-11-9-24(10-12-25)13-15-7-5-6-8-17(15)22/h5-8H,4,9-13H2,1-3H3,(H,23,28). The number of aryl methyl sites for hydroxylation is 1. The number of carbonyl (C=O) groups excluding carboxylic acids is 1. The number of anilines is 1. The van der Waals surface area contributed by atoms with Crippen LogP contribution in [0.25, 0.3) is 0 Å². The molecule has 0 radical (unpaired) electrons. The summed E-state index contributed by atoms with van der Waals surface area (Å²) in [5.41, 5.74) is 2.78. The van der Waals surface area contributed by atoms with E-state index < -0.39 is 0 Å².